The smallest absolute Gasteiger partial charge is 0.272 e. The number of rotatable bonds is 3. The predicted octanol–water partition coefficient (Wildman–Crippen LogP) is 0.0890. The molecule has 0 fully saturated rings. The summed E-state index contributed by atoms with van der Waals surface area (Å²) in [6.07, 6.45) is 0.817. The van der Waals surface area contributed by atoms with Gasteiger partial charge in [0.15, 0.2) is 0 Å². The van der Waals surface area contributed by atoms with Gasteiger partial charge in [-0.2, -0.15) is 5.10 Å². The molecule has 0 atom stereocenters. The van der Waals surface area contributed by atoms with E-state index < -0.39 is 5.91 Å². The summed E-state index contributed by atoms with van der Waals surface area (Å²) in [5, 5.41) is 8.30. The number of H-pyrrole nitrogens is 1. The second kappa shape index (κ2) is 5.80. The third-order valence-corrected chi connectivity index (χ3v) is 3.50. The summed E-state index contributed by atoms with van der Waals surface area (Å²) in [5.74, 6) is -0.681. The van der Waals surface area contributed by atoms with E-state index in [0.29, 0.717) is 6.54 Å². The Bertz CT molecular complexity index is 764. The summed E-state index contributed by atoms with van der Waals surface area (Å²) in [6.45, 7) is 0.499. The molecule has 2 amide bonds. The average molecular weight is 298 g/mol. The summed E-state index contributed by atoms with van der Waals surface area (Å²) < 4.78 is 0. The van der Waals surface area contributed by atoms with Crippen LogP contribution in [0.1, 0.15) is 16.1 Å². The number of amides is 2. The molecule has 2 heterocycles. The number of anilines is 1. The van der Waals surface area contributed by atoms with Gasteiger partial charge in [0.1, 0.15) is 5.69 Å². The molecule has 0 radical (unpaired) electrons. The zero-order valence-electron chi connectivity index (χ0n) is 11.7. The van der Waals surface area contributed by atoms with Crippen LogP contribution in [0.25, 0.3) is 0 Å². The Morgan fingerprint density at radius 2 is 2.05 bits per heavy atom. The van der Waals surface area contributed by atoms with Crippen molar-refractivity contribution in [3.63, 3.8) is 0 Å². The lowest BCUT2D eigenvalue weighted by molar-refractivity contribution is -0.117. The molecule has 7 nitrogen and oxygen atoms in total. The van der Waals surface area contributed by atoms with Crippen molar-refractivity contribution in [2.75, 3.05) is 18.0 Å². The minimum absolute atomic E-state index is 0.0641. The number of benzene rings is 1. The van der Waals surface area contributed by atoms with Crippen LogP contribution in [0, 0.1) is 0 Å². The van der Waals surface area contributed by atoms with Crippen LogP contribution in [-0.2, 0) is 11.2 Å². The summed E-state index contributed by atoms with van der Waals surface area (Å²) in [4.78, 5) is 36.6. The molecule has 0 saturated heterocycles. The highest BCUT2D eigenvalue weighted by Gasteiger charge is 2.24. The molecular weight excluding hydrogens is 284 g/mol. The van der Waals surface area contributed by atoms with E-state index in [2.05, 4.69) is 15.5 Å². The molecule has 0 spiro atoms. The zero-order valence-corrected chi connectivity index (χ0v) is 11.7. The fourth-order valence-corrected chi connectivity index (χ4v) is 2.41. The minimum Gasteiger partial charge on any atom is -0.342 e. The highest BCUT2D eigenvalue weighted by molar-refractivity contribution is 6.00. The van der Waals surface area contributed by atoms with Crippen LogP contribution < -0.4 is 15.8 Å². The number of hydrogen-bond donors (Lipinski definition) is 2. The van der Waals surface area contributed by atoms with Gasteiger partial charge in [0, 0.05) is 18.3 Å². The number of fused-ring (bicyclic) bond motifs is 1. The second-order valence-electron chi connectivity index (χ2n) is 4.91. The Labute approximate surface area is 126 Å². The van der Waals surface area contributed by atoms with Crippen LogP contribution in [0.15, 0.2) is 41.2 Å². The van der Waals surface area contributed by atoms with Gasteiger partial charge in [-0.3, -0.25) is 14.4 Å². The topological polar surface area (TPSA) is 95.2 Å². The first-order valence-corrected chi connectivity index (χ1v) is 6.87. The maximum atomic E-state index is 12.2. The Morgan fingerprint density at radius 1 is 1.23 bits per heavy atom. The summed E-state index contributed by atoms with van der Waals surface area (Å²) in [5.41, 5.74) is 1.70. The van der Waals surface area contributed by atoms with Crippen molar-refractivity contribution in [2.45, 2.75) is 6.42 Å². The first-order valence-electron chi connectivity index (χ1n) is 6.87. The molecule has 0 bridgehead atoms. The number of aromatic amines is 1. The minimum atomic E-state index is -0.503. The molecule has 112 valence electrons. The quantitative estimate of drug-likeness (QED) is 0.839. The van der Waals surface area contributed by atoms with Crippen LogP contribution in [0.4, 0.5) is 5.69 Å². The normalized spacial score (nSPS) is 12.8. The highest BCUT2D eigenvalue weighted by atomic mass is 16.2. The first kappa shape index (κ1) is 14.0. The number of para-hydroxylation sites is 1. The fraction of sp³-hybridized carbons (Fsp3) is 0.200. The number of nitrogens with one attached hydrogen (secondary N) is 2. The molecule has 22 heavy (non-hydrogen) atoms. The number of carbonyl (C=O) groups excluding carboxylic acids is 2. The second-order valence-corrected chi connectivity index (χ2v) is 4.91. The van der Waals surface area contributed by atoms with Gasteiger partial charge in [-0.15, -0.1) is 0 Å². The largest absolute Gasteiger partial charge is 0.342 e. The van der Waals surface area contributed by atoms with E-state index in [9.17, 15) is 14.4 Å². The van der Waals surface area contributed by atoms with E-state index >= 15 is 0 Å². The molecule has 2 aromatic rings. The van der Waals surface area contributed by atoms with Crippen molar-refractivity contribution in [1.82, 2.24) is 15.5 Å². The Hall–Kier alpha value is -2.96. The Morgan fingerprint density at radius 3 is 2.82 bits per heavy atom. The number of aromatic nitrogens is 2. The Kier molecular flexibility index (Phi) is 3.69. The summed E-state index contributed by atoms with van der Waals surface area (Å²) in [7, 11) is 0. The Balaban J connectivity index is 1.62. The van der Waals surface area contributed by atoms with E-state index in [-0.39, 0.29) is 23.7 Å². The van der Waals surface area contributed by atoms with E-state index in [0.717, 1.165) is 17.7 Å². The van der Waals surface area contributed by atoms with Gasteiger partial charge in [0.05, 0.1) is 6.54 Å². The van der Waals surface area contributed by atoms with Crippen molar-refractivity contribution < 1.29 is 9.59 Å². The average Bonchev–Trinajstić information content (AvgIpc) is 2.97. The fourth-order valence-electron chi connectivity index (χ4n) is 2.41. The van der Waals surface area contributed by atoms with Crippen molar-refractivity contribution >= 4 is 17.5 Å². The van der Waals surface area contributed by atoms with Gasteiger partial charge >= 0.3 is 0 Å². The van der Waals surface area contributed by atoms with Crippen LogP contribution in [0.5, 0.6) is 0 Å². The lowest BCUT2D eigenvalue weighted by atomic mass is 10.2. The first-order chi connectivity index (χ1) is 10.6. The maximum Gasteiger partial charge on any atom is 0.272 e. The molecule has 1 aliphatic rings. The van der Waals surface area contributed by atoms with Gasteiger partial charge in [-0.25, -0.2) is 5.10 Å². The zero-order chi connectivity index (χ0) is 15.5. The predicted molar refractivity (Wildman–Crippen MR) is 79.7 cm³/mol. The monoisotopic (exact) mass is 298 g/mol. The third-order valence-electron chi connectivity index (χ3n) is 3.50. The van der Waals surface area contributed by atoms with Gasteiger partial charge < -0.3 is 10.2 Å². The molecule has 1 aliphatic heterocycles. The number of hydrogen-bond acceptors (Lipinski definition) is 4. The molecule has 1 aromatic heterocycles. The van der Waals surface area contributed by atoms with E-state index in [1.54, 1.807) is 4.90 Å². The van der Waals surface area contributed by atoms with E-state index in [1.165, 1.54) is 12.1 Å². The van der Waals surface area contributed by atoms with Crippen molar-refractivity contribution in [1.29, 1.82) is 0 Å². The van der Waals surface area contributed by atoms with Gasteiger partial charge in [-0.05, 0) is 24.1 Å². The molecule has 0 saturated carbocycles. The van der Waals surface area contributed by atoms with Crippen LogP contribution in [-0.4, -0.2) is 35.1 Å². The van der Waals surface area contributed by atoms with Crippen molar-refractivity contribution in [3.05, 3.63) is 58.0 Å². The molecule has 3 rings (SSSR count). The lowest BCUT2D eigenvalue weighted by Crippen LogP contribution is -2.39. The van der Waals surface area contributed by atoms with Crippen LogP contribution >= 0.6 is 0 Å². The molecule has 2 N–H and O–H groups in total. The van der Waals surface area contributed by atoms with Gasteiger partial charge in [0.2, 0.25) is 5.91 Å². The molecule has 7 heteroatoms. The van der Waals surface area contributed by atoms with Crippen molar-refractivity contribution in [3.8, 4) is 0 Å². The SMILES string of the molecule is O=C(NCC(=O)N1CCc2ccccc21)c1ccc(=O)[nH]n1. The number of nitrogens with zero attached hydrogens (tertiary/aromatic N) is 2. The van der Waals surface area contributed by atoms with Crippen LogP contribution in [0.2, 0.25) is 0 Å². The summed E-state index contributed by atoms with van der Waals surface area (Å²) >= 11 is 0. The van der Waals surface area contributed by atoms with E-state index in [1.807, 2.05) is 24.3 Å². The van der Waals surface area contributed by atoms with Crippen LogP contribution in [0.3, 0.4) is 0 Å². The van der Waals surface area contributed by atoms with Gasteiger partial charge in [-0.1, -0.05) is 18.2 Å². The standard InChI is InChI=1S/C15H14N4O3/c20-13-6-5-11(17-18-13)15(22)16-9-14(21)19-8-7-10-3-1-2-4-12(10)19/h1-6H,7-9H2,(H,16,22)(H,18,20). The van der Waals surface area contributed by atoms with E-state index in [4.69, 9.17) is 0 Å². The lowest BCUT2D eigenvalue weighted by Gasteiger charge is -2.17. The molecule has 1 aromatic carbocycles. The molecular formula is C15H14N4O3. The maximum absolute atomic E-state index is 12.2. The summed E-state index contributed by atoms with van der Waals surface area (Å²) in [6, 6.07) is 10.2. The highest BCUT2D eigenvalue weighted by Crippen LogP contribution is 2.27. The molecule has 0 aliphatic carbocycles. The molecule has 0 unspecified atom stereocenters. The third kappa shape index (κ3) is 2.73. The van der Waals surface area contributed by atoms with Gasteiger partial charge in [0.25, 0.3) is 11.5 Å². The van der Waals surface area contributed by atoms with Crippen molar-refractivity contribution in [2.24, 2.45) is 0 Å². The number of carbonyl (C=O) groups is 2.